The summed E-state index contributed by atoms with van der Waals surface area (Å²) in [7, 11) is 1.73. The Morgan fingerprint density at radius 3 is 3.00 bits per heavy atom. The predicted molar refractivity (Wildman–Crippen MR) is 91.6 cm³/mol. The number of rotatable bonds is 6. The number of imidazole rings is 1. The minimum atomic E-state index is -0.114. The van der Waals surface area contributed by atoms with Gasteiger partial charge in [0.2, 0.25) is 0 Å². The molecule has 0 bridgehead atoms. The second-order valence-corrected chi connectivity index (χ2v) is 6.25. The van der Waals surface area contributed by atoms with Crippen LogP contribution in [0.25, 0.3) is 0 Å². The van der Waals surface area contributed by atoms with Crippen molar-refractivity contribution >= 4 is 6.03 Å². The molecule has 1 aliphatic carbocycles. The molecule has 2 atom stereocenters. The number of carbonyl (C=O) groups is 1. The van der Waals surface area contributed by atoms with Gasteiger partial charge in [-0.05, 0) is 30.4 Å². The number of hydrogen-bond acceptors (Lipinski definition) is 3. The Bertz CT molecular complexity index is 657. The summed E-state index contributed by atoms with van der Waals surface area (Å²) >= 11 is 0. The third kappa shape index (κ3) is 4.58. The van der Waals surface area contributed by atoms with E-state index in [1.165, 1.54) is 5.56 Å². The Labute approximate surface area is 142 Å². The maximum absolute atomic E-state index is 12.0. The van der Waals surface area contributed by atoms with Gasteiger partial charge < -0.3 is 19.9 Å². The van der Waals surface area contributed by atoms with Gasteiger partial charge in [0.05, 0.1) is 12.4 Å². The highest BCUT2D eigenvalue weighted by Gasteiger charge is 2.25. The van der Waals surface area contributed by atoms with Gasteiger partial charge in [0.15, 0.2) is 0 Å². The van der Waals surface area contributed by atoms with Crippen LogP contribution in [-0.4, -0.2) is 34.8 Å². The van der Waals surface area contributed by atoms with Gasteiger partial charge in [-0.3, -0.25) is 0 Å². The zero-order chi connectivity index (χ0) is 16.8. The molecule has 1 aromatic carbocycles. The Kier molecular flexibility index (Phi) is 5.48. The number of nitrogens with one attached hydrogen (secondary N) is 2. The lowest BCUT2D eigenvalue weighted by atomic mass is 10.1. The van der Waals surface area contributed by atoms with E-state index in [4.69, 9.17) is 4.74 Å². The Hall–Kier alpha value is -2.34. The standard InChI is InChI=1S/C18H24N4O2/c1-24-17-6-5-16(10-17)21-18(23)20-11-14-3-2-4-15(9-14)12-22-8-7-19-13-22/h2-4,7-9,13,16-17H,5-6,10-12H2,1H3,(H2,20,21,23). The molecule has 24 heavy (non-hydrogen) atoms. The van der Waals surface area contributed by atoms with E-state index < -0.39 is 0 Å². The van der Waals surface area contributed by atoms with E-state index in [1.54, 1.807) is 19.6 Å². The lowest BCUT2D eigenvalue weighted by Gasteiger charge is -2.14. The number of hydrogen-bond donors (Lipinski definition) is 2. The molecule has 2 unspecified atom stereocenters. The van der Waals surface area contributed by atoms with Crippen molar-refractivity contribution in [3.8, 4) is 0 Å². The molecule has 0 aliphatic heterocycles. The smallest absolute Gasteiger partial charge is 0.315 e. The third-order valence-corrected chi connectivity index (χ3v) is 4.42. The summed E-state index contributed by atoms with van der Waals surface area (Å²) in [4.78, 5) is 16.1. The van der Waals surface area contributed by atoms with Crippen molar-refractivity contribution in [3.63, 3.8) is 0 Å². The molecule has 1 fully saturated rings. The van der Waals surface area contributed by atoms with Crippen molar-refractivity contribution in [2.75, 3.05) is 7.11 Å². The van der Waals surface area contributed by atoms with E-state index in [0.29, 0.717) is 6.54 Å². The van der Waals surface area contributed by atoms with Gasteiger partial charge in [-0.1, -0.05) is 24.3 Å². The largest absolute Gasteiger partial charge is 0.381 e. The van der Waals surface area contributed by atoms with Crippen LogP contribution in [0.3, 0.4) is 0 Å². The topological polar surface area (TPSA) is 68.2 Å². The average Bonchev–Trinajstić information content (AvgIpc) is 3.25. The van der Waals surface area contributed by atoms with Gasteiger partial charge in [-0.25, -0.2) is 9.78 Å². The summed E-state index contributed by atoms with van der Waals surface area (Å²) in [5, 5.41) is 5.96. The average molecular weight is 328 g/mol. The fraction of sp³-hybridized carbons (Fsp3) is 0.444. The van der Waals surface area contributed by atoms with Gasteiger partial charge in [-0.2, -0.15) is 0 Å². The monoisotopic (exact) mass is 328 g/mol. The molecule has 1 saturated carbocycles. The van der Waals surface area contributed by atoms with E-state index in [-0.39, 0.29) is 18.2 Å². The Morgan fingerprint density at radius 1 is 1.38 bits per heavy atom. The fourth-order valence-corrected chi connectivity index (χ4v) is 3.13. The first-order chi connectivity index (χ1) is 11.7. The number of carbonyl (C=O) groups excluding carboxylic acids is 1. The highest BCUT2D eigenvalue weighted by atomic mass is 16.5. The zero-order valence-electron chi connectivity index (χ0n) is 13.9. The van der Waals surface area contributed by atoms with E-state index in [9.17, 15) is 4.79 Å². The second-order valence-electron chi connectivity index (χ2n) is 6.25. The summed E-state index contributed by atoms with van der Waals surface area (Å²) in [5.41, 5.74) is 2.27. The van der Waals surface area contributed by atoms with Crippen molar-refractivity contribution in [2.24, 2.45) is 0 Å². The first-order valence-electron chi connectivity index (χ1n) is 8.33. The van der Waals surface area contributed by atoms with Crippen LogP contribution >= 0.6 is 0 Å². The molecule has 0 saturated heterocycles. The zero-order valence-corrected chi connectivity index (χ0v) is 13.9. The lowest BCUT2D eigenvalue weighted by molar-refractivity contribution is 0.107. The minimum absolute atomic E-state index is 0.114. The summed E-state index contributed by atoms with van der Waals surface area (Å²) < 4.78 is 7.35. The van der Waals surface area contributed by atoms with Crippen LogP contribution in [0.2, 0.25) is 0 Å². The quantitative estimate of drug-likeness (QED) is 0.855. The van der Waals surface area contributed by atoms with Crippen LogP contribution in [0.4, 0.5) is 4.79 Å². The number of nitrogens with zero attached hydrogens (tertiary/aromatic N) is 2. The first kappa shape index (κ1) is 16.5. The van der Waals surface area contributed by atoms with Gasteiger partial charge in [0.25, 0.3) is 0 Å². The number of ether oxygens (including phenoxy) is 1. The summed E-state index contributed by atoms with van der Waals surface area (Å²) in [6.07, 6.45) is 8.66. The van der Waals surface area contributed by atoms with Crippen LogP contribution < -0.4 is 10.6 Å². The van der Waals surface area contributed by atoms with Gasteiger partial charge >= 0.3 is 6.03 Å². The number of amides is 2. The number of methoxy groups -OCH3 is 1. The highest BCUT2D eigenvalue weighted by Crippen LogP contribution is 2.21. The number of benzene rings is 1. The fourth-order valence-electron chi connectivity index (χ4n) is 3.13. The van der Waals surface area contributed by atoms with Crippen molar-refractivity contribution < 1.29 is 9.53 Å². The SMILES string of the molecule is COC1CCC(NC(=O)NCc2cccc(Cn3ccnc3)c2)C1. The molecule has 1 aromatic heterocycles. The summed E-state index contributed by atoms with van der Waals surface area (Å²) in [6, 6.07) is 8.32. The Morgan fingerprint density at radius 2 is 2.25 bits per heavy atom. The molecule has 1 heterocycles. The molecule has 6 nitrogen and oxygen atoms in total. The van der Waals surface area contributed by atoms with Crippen molar-refractivity contribution in [1.82, 2.24) is 20.2 Å². The maximum atomic E-state index is 12.0. The van der Waals surface area contributed by atoms with E-state index in [0.717, 1.165) is 31.4 Å². The maximum Gasteiger partial charge on any atom is 0.315 e. The minimum Gasteiger partial charge on any atom is -0.381 e. The third-order valence-electron chi connectivity index (χ3n) is 4.42. The second kappa shape index (κ2) is 7.97. The normalized spacial score (nSPS) is 20.0. The van der Waals surface area contributed by atoms with Crippen molar-refractivity contribution in [2.45, 2.75) is 44.5 Å². The van der Waals surface area contributed by atoms with Crippen LogP contribution in [0.5, 0.6) is 0 Å². The van der Waals surface area contributed by atoms with Crippen molar-refractivity contribution in [1.29, 1.82) is 0 Å². The molecule has 128 valence electrons. The van der Waals surface area contributed by atoms with Crippen LogP contribution in [0, 0.1) is 0 Å². The molecule has 2 N–H and O–H groups in total. The molecule has 6 heteroatoms. The highest BCUT2D eigenvalue weighted by molar-refractivity contribution is 5.74. The van der Waals surface area contributed by atoms with Gasteiger partial charge in [0.1, 0.15) is 0 Å². The van der Waals surface area contributed by atoms with Gasteiger partial charge in [-0.15, -0.1) is 0 Å². The molecule has 0 radical (unpaired) electrons. The summed E-state index contributed by atoms with van der Waals surface area (Å²) in [6.45, 7) is 1.30. The van der Waals surface area contributed by atoms with Crippen LogP contribution in [-0.2, 0) is 17.8 Å². The Balaban J connectivity index is 1.47. The molecule has 0 spiro atoms. The van der Waals surface area contributed by atoms with Crippen LogP contribution in [0.1, 0.15) is 30.4 Å². The molecule has 2 amide bonds. The van der Waals surface area contributed by atoms with Crippen LogP contribution in [0.15, 0.2) is 43.0 Å². The lowest BCUT2D eigenvalue weighted by Crippen LogP contribution is -2.40. The summed E-state index contributed by atoms with van der Waals surface area (Å²) in [5.74, 6) is 0. The number of urea groups is 1. The number of aromatic nitrogens is 2. The van der Waals surface area contributed by atoms with Gasteiger partial charge in [0, 0.05) is 38.6 Å². The molecular formula is C18H24N4O2. The molecule has 3 rings (SSSR count). The predicted octanol–water partition coefficient (Wildman–Crippen LogP) is 2.30. The van der Waals surface area contributed by atoms with E-state index in [2.05, 4.69) is 27.8 Å². The molecule has 1 aliphatic rings. The molecule has 2 aromatic rings. The molecular weight excluding hydrogens is 304 g/mol. The van der Waals surface area contributed by atoms with E-state index in [1.807, 2.05) is 22.9 Å². The van der Waals surface area contributed by atoms with E-state index >= 15 is 0 Å². The first-order valence-corrected chi connectivity index (χ1v) is 8.33. The van der Waals surface area contributed by atoms with Crippen molar-refractivity contribution in [3.05, 3.63) is 54.1 Å².